The summed E-state index contributed by atoms with van der Waals surface area (Å²) in [5.41, 5.74) is 0.762. The molecule has 1 nitrogen and oxygen atoms in total. The highest BCUT2D eigenvalue weighted by atomic mass is 19.1. The van der Waals surface area contributed by atoms with Gasteiger partial charge < -0.3 is 5.32 Å². The standard InChI is InChI=1S/C13H17F2N/c1-9-2-11(8-16-7-9)3-10-4-12(14)6-13(15)5-10/h4-6,9,11,16H,2-3,7-8H2,1H3. The van der Waals surface area contributed by atoms with E-state index in [1.54, 1.807) is 0 Å². The third-order valence-electron chi connectivity index (χ3n) is 3.11. The highest BCUT2D eigenvalue weighted by Gasteiger charge is 2.19. The van der Waals surface area contributed by atoms with Gasteiger partial charge in [-0.1, -0.05) is 6.92 Å². The van der Waals surface area contributed by atoms with Crippen molar-refractivity contribution in [3.8, 4) is 0 Å². The Morgan fingerprint density at radius 1 is 1.19 bits per heavy atom. The Morgan fingerprint density at radius 2 is 1.88 bits per heavy atom. The van der Waals surface area contributed by atoms with Crippen molar-refractivity contribution in [3.63, 3.8) is 0 Å². The quantitative estimate of drug-likeness (QED) is 0.816. The molecule has 1 aromatic carbocycles. The maximum Gasteiger partial charge on any atom is 0.126 e. The Hall–Kier alpha value is -0.960. The predicted octanol–water partition coefficient (Wildman–Crippen LogP) is 2.75. The van der Waals surface area contributed by atoms with E-state index in [4.69, 9.17) is 0 Å². The lowest BCUT2D eigenvalue weighted by Crippen LogP contribution is -2.35. The molecular weight excluding hydrogens is 208 g/mol. The lowest BCUT2D eigenvalue weighted by Gasteiger charge is -2.27. The van der Waals surface area contributed by atoms with E-state index in [2.05, 4.69) is 12.2 Å². The van der Waals surface area contributed by atoms with Gasteiger partial charge in [0.15, 0.2) is 0 Å². The molecule has 0 bridgehead atoms. The van der Waals surface area contributed by atoms with E-state index in [9.17, 15) is 8.78 Å². The molecule has 0 saturated carbocycles. The summed E-state index contributed by atoms with van der Waals surface area (Å²) in [6, 6.07) is 3.79. The molecule has 2 rings (SSSR count). The van der Waals surface area contributed by atoms with Crippen molar-refractivity contribution < 1.29 is 8.78 Å². The molecule has 1 aliphatic heterocycles. The van der Waals surface area contributed by atoms with Crippen molar-refractivity contribution >= 4 is 0 Å². The van der Waals surface area contributed by atoms with Gasteiger partial charge in [0, 0.05) is 6.07 Å². The minimum atomic E-state index is -0.480. The summed E-state index contributed by atoms with van der Waals surface area (Å²) in [4.78, 5) is 0. The van der Waals surface area contributed by atoms with Gasteiger partial charge in [-0.3, -0.25) is 0 Å². The van der Waals surface area contributed by atoms with Crippen LogP contribution in [0.1, 0.15) is 18.9 Å². The lowest BCUT2D eigenvalue weighted by atomic mass is 9.87. The van der Waals surface area contributed by atoms with Crippen LogP contribution in [0.3, 0.4) is 0 Å². The summed E-state index contributed by atoms with van der Waals surface area (Å²) in [5.74, 6) is 0.181. The van der Waals surface area contributed by atoms with Gasteiger partial charge in [-0.15, -0.1) is 0 Å². The van der Waals surface area contributed by atoms with Crippen LogP contribution in [0.25, 0.3) is 0 Å². The molecule has 0 amide bonds. The Kier molecular flexibility index (Phi) is 3.54. The van der Waals surface area contributed by atoms with Crippen LogP contribution in [0.5, 0.6) is 0 Å². The predicted molar refractivity (Wildman–Crippen MR) is 60.2 cm³/mol. The largest absolute Gasteiger partial charge is 0.316 e. The molecule has 3 heteroatoms. The Morgan fingerprint density at radius 3 is 2.50 bits per heavy atom. The summed E-state index contributed by atoms with van der Waals surface area (Å²) in [5, 5.41) is 3.35. The molecule has 1 fully saturated rings. The van der Waals surface area contributed by atoms with Crippen LogP contribution >= 0.6 is 0 Å². The second kappa shape index (κ2) is 4.91. The second-order valence-electron chi connectivity index (χ2n) is 4.85. The van der Waals surface area contributed by atoms with E-state index in [0.29, 0.717) is 11.8 Å². The van der Waals surface area contributed by atoms with Crippen LogP contribution in [0.2, 0.25) is 0 Å². The van der Waals surface area contributed by atoms with Crippen molar-refractivity contribution in [2.45, 2.75) is 19.8 Å². The van der Waals surface area contributed by atoms with E-state index in [0.717, 1.165) is 37.6 Å². The van der Waals surface area contributed by atoms with Gasteiger partial charge in [0.1, 0.15) is 11.6 Å². The monoisotopic (exact) mass is 225 g/mol. The van der Waals surface area contributed by atoms with Crippen molar-refractivity contribution in [3.05, 3.63) is 35.4 Å². The summed E-state index contributed by atoms with van der Waals surface area (Å²) in [6.45, 7) is 4.20. The smallest absolute Gasteiger partial charge is 0.126 e. The molecule has 0 radical (unpaired) electrons. The van der Waals surface area contributed by atoms with Crippen LogP contribution < -0.4 is 5.32 Å². The maximum atomic E-state index is 13.0. The third kappa shape index (κ3) is 3.01. The summed E-state index contributed by atoms with van der Waals surface area (Å²) >= 11 is 0. The molecule has 2 atom stereocenters. The first-order valence-electron chi connectivity index (χ1n) is 5.79. The number of benzene rings is 1. The molecule has 0 aromatic heterocycles. The first-order valence-corrected chi connectivity index (χ1v) is 5.79. The van der Waals surface area contributed by atoms with Gasteiger partial charge in [0.05, 0.1) is 0 Å². The van der Waals surface area contributed by atoms with Crippen molar-refractivity contribution in [1.82, 2.24) is 5.32 Å². The topological polar surface area (TPSA) is 12.0 Å². The first kappa shape index (κ1) is 11.5. The molecule has 16 heavy (non-hydrogen) atoms. The molecule has 0 aliphatic carbocycles. The summed E-state index contributed by atoms with van der Waals surface area (Å²) in [6.07, 6.45) is 1.89. The number of hydrogen-bond donors (Lipinski definition) is 1. The zero-order valence-corrected chi connectivity index (χ0v) is 9.47. The summed E-state index contributed by atoms with van der Waals surface area (Å²) in [7, 11) is 0. The van der Waals surface area contributed by atoms with Crippen LogP contribution in [-0.4, -0.2) is 13.1 Å². The average molecular weight is 225 g/mol. The van der Waals surface area contributed by atoms with Crippen molar-refractivity contribution in [2.24, 2.45) is 11.8 Å². The van der Waals surface area contributed by atoms with Crippen LogP contribution in [0.15, 0.2) is 18.2 Å². The fraction of sp³-hybridized carbons (Fsp3) is 0.538. The zero-order valence-electron chi connectivity index (χ0n) is 9.47. The molecular formula is C13H17F2N. The van der Waals surface area contributed by atoms with E-state index in [1.807, 2.05) is 0 Å². The van der Waals surface area contributed by atoms with E-state index in [1.165, 1.54) is 12.1 Å². The van der Waals surface area contributed by atoms with Crippen LogP contribution in [0.4, 0.5) is 8.78 Å². The Bertz CT molecular complexity index is 345. The van der Waals surface area contributed by atoms with E-state index >= 15 is 0 Å². The first-order chi connectivity index (χ1) is 7.63. The van der Waals surface area contributed by atoms with Gasteiger partial charge in [0.25, 0.3) is 0 Å². The second-order valence-corrected chi connectivity index (χ2v) is 4.85. The molecule has 1 aliphatic rings. The van der Waals surface area contributed by atoms with Gasteiger partial charge in [-0.2, -0.15) is 0 Å². The van der Waals surface area contributed by atoms with Crippen molar-refractivity contribution in [1.29, 1.82) is 0 Å². The highest BCUT2D eigenvalue weighted by Crippen LogP contribution is 2.21. The molecule has 0 spiro atoms. The molecule has 1 aromatic rings. The SMILES string of the molecule is CC1CNCC(Cc2cc(F)cc(F)c2)C1. The summed E-state index contributed by atoms with van der Waals surface area (Å²) < 4.78 is 26.0. The zero-order chi connectivity index (χ0) is 11.5. The van der Waals surface area contributed by atoms with E-state index in [-0.39, 0.29) is 0 Å². The Labute approximate surface area is 94.9 Å². The van der Waals surface area contributed by atoms with Gasteiger partial charge in [-0.05, 0) is 55.5 Å². The Balaban J connectivity index is 2.02. The number of rotatable bonds is 2. The lowest BCUT2D eigenvalue weighted by molar-refractivity contribution is 0.301. The number of halogens is 2. The molecule has 1 heterocycles. The minimum Gasteiger partial charge on any atom is -0.316 e. The van der Waals surface area contributed by atoms with Crippen molar-refractivity contribution in [2.75, 3.05) is 13.1 Å². The normalized spacial score (nSPS) is 25.7. The fourth-order valence-electron chi connectivity index (χ4n) is 2.49. The molecule has 88 valence electrons. The van der Waals surface area contributed by atoms with E-state index < -0.39 is 11.6 Å². The highest BCUT2D eigenvalue weighted by molar-refractivity contribution is 5.18. The number of hydrogen-bond acceptors (Lipinski definition) is 1. The molecule has 2 unspecified atom stereocenters. The number of nitrogens with one attached hydrogen (secondary N) is 1. The fourth-order valence-corrected chi connectivity index (χ4v) is 2.49. The van der Waals surface area contributed by atoms with Gasteiger partial charge in [0.2, 0.25) is 0 Å². The minimum absolute atomic E-state index is 0.480. The van der Waals surface area contributed by atoms with Gasteiger partial charge in [-0.25, -0.2) is 8.78 Å². The maximum absolute atomic E-state index is 13.0. The molecule has 1 N–H and O–H groups in total. The van der Waals surface area contributed by atoms with Crippen LogP contribution in [0, 0.1) is 23.5 Å². The van der Waals surface area contributed by atoms with Crippen LogP contribution in [-0.2, 0) is 6.42 Å². The number of piperidine rings is 1. The average Bonchev–Trinajstić information content (AvgIpc) is 2.15. The third-order valence-corrected chi connectivity index (χ3v) is 3.11. The van der Waals surface area contributed by atoms with Gasteiger partial charge >= 0.3 is 0 Å². The molecule has 1 saturated heterocycles.